The molecule has 0 saturated carbocycles. The maximum atomic E-state index is 10.7. The molecule has 0 aliphatic carbocycles. The molecular weight excluding hydrogens is 176 g/mol. The van der Waals surface area contributed by atoms with Crippen molar-refractivity contribution in [3.05, 3.63) is 12.7 Å². The highest BCUT2D eigenvalue weighted by atomic mass is 28.2. The van der Waals surface area contributed by atoms with E-state index in [0.717, 1.165) is 0 Å². The van der Waals surface area contributed by atoms with E-state index in [9.17, 15) is 4.79 Å². The van der Waals surface area contributed by atoms with Crippen LogP contribution in [0.5, 0.6) is 0 Å². The Labute approximate surface area is 75.0 Å². The molecule has 0 aliphatic heterocycles. The van der Waals surface area contributed by atoms with Gasteiger partial charge in [0.05, 0.1) is 6.42 Å². The molecule has 12 heavy (non-hydrogen) atoms. The van der Waals surface area contributed by atoms with Gasteiger partial charge in [0.25, 0.3) is 0 Å². The molecule has 70 valence electrons. The fraction of sp³-hybridized carbons (Fsp3) is 0.571. The lowest BCUT2D eigenvalue weighted by Crippen LogP contribution is -2.15. The minimum absolute atomic E-state index is 0.0594. The molecule has 0 fully saturated rings. The Morgan fingerprint density at radius 3 is 2.92 bits per heavy atom. The molecule has 0 aromatic carbocycles. The zero-order valence-electron chi connectivity index (χ0n) is 7.41. The lowest BCUT2D eigenvalue weighted by atomic mass is 10.4. The van der Waals surface area contributed by atoms with Crippen LogP contribution in [0.1, 0.15) is 13.3 Å². The van der Waals surface area contributed by atoms with Gasteiger partial charge in [0.1, 0.15) is 16.8 Å². The smallest absolute Gasteiger partial charge is 0.311 e. The van der Waals surface area contributed by atoms with Crippen LogP contribution in [0.15, 0.2) is 12.7 Å². The molecular formula is C7H14O4Si. The Morgan fingerprint density at radius 2 is 2.42 bits per heavy atom. The van der Waals surface area contributed by atoms with Crippen LogP contribution in [0.2, 0.25) is 0 Å². The van der Waals surface area contributed by atoms with Crippen LogP contribution in [0.25, 0.3) is 0 Å². The molecule has 1 atom stereocenters. The zero-order valence-corrected chi connectivity index (χ0v) is 9.41. The molecule has 0 saturated heterocycles. The van der Waals surface area contributed by atoms with Gasteiger partial charge in [0.15, 0.2) is 6.79 Å². The molecule has 0 aliphatic rings. The van der Waals surface area contributed by atoms with Crippen LogP contribution in [0.3, 0.4) is 0 Å². The predicted octanol–water partition coefficient (Wildman–Crippen LogP) is -0.277. The minimum Gasteiger partial charge on any atom is -0.438 e. The normalized spacial score (nSPS) is 12.4. The van der Waals surface area contributed by atoms with Gasteiger partial charge in [-0.1, -0.05) is 6.08 Å². The molecule has 4 nitrogen and oxygen atoms in total. The Morgan fingerprint density at radius 1 is 1.75 bits per heavy atom. The van der Waals surface area contributed by atoms with Crippen molar-refractivity contribution in [3.8, 4) is 0 Å². The van der Waals surface area contributed by atoms with E-state index >= 15 is 0 Å². The van der Waals surface area contributed by atoms with Crippen molar-refractivity contribution >= 4 is 16.5 Å². The number of hydrogen-bond acceptors (Lipinski definition) is 4. The Kier molecular flexibility index (Phi) is 6.64. The van der Waals surface area contributed by atoms with Gasteiger partial charge < -0.3 is 13.9 Å². The van der Waals surface area contributed by atoms with Gasteiger partial charge in [-0.3, -0.25) is 4.79 Å². The summed E-state index contributed by atoms with van der Waals surface area (Å²) in [5, 5.41) is 0. The molecule has 0 spiro atoms. The Balaban J connectivity index is 3.30. The number of esters is 1. The summed E-state index contributed by atoms with van der Waals surface area (Å²) in [6.45, 7) is 5.08. The quantitative estimate of drug-likeness (QED) is 0.250. The summed E-state index contributed by atoms with van der Waals surface area (Å²) < 4.78 is 14.5. The summed E-state index contributed by atoms with van der Waals surface area (Å²) >= 11 is 0. The van der Waals surface area contributed by atoms with Crippen molar-refractivity contribution < 1.29 is 18.7 Å². The molecule has 0 aromatic rings. The molecule has 0 amide bonds. The monoisotopic (exact) mass is 190 g/mol. The summed E-state index contributed by atoms with van der Waals surface area (Å²) in [7, 11) is 0.606. The van der Waals surface area contributed by atoms with E-state index in [1.165, 1.54) is 6.08 Å². The highest BCUT2D eigenvalue weighted by Gasteiger charge is 2.01. The van der Waals surface area contributed by atoms with E-state index in [0.29, 0.717) is 10.5 Å². The largest absolute Gasteiger partial charge is 0.438 e. The third kappa shape index (κ3) is 6.08. The maximum absolute atomic E-state index is 10.7. The first-order chi connectivity index (χ1) is 5.70. The second kappa shape index (κ2) is 7.02. The predicted molar refractivity (Wildman–Crippen MR) is 47.3 cm³/mol. The van der Waals surface area contributed by atoms with Gasteiger partial charge in [-0.05, 0) is 6.92 Å². The molecule has 0 rings (SSSR count). The number of rotatable bonds is 6. The highest BCUT2D eigenvalue weighted by molar-refractivity contribution is 5.98. The summed E-state index contributed by atoms with van der Waals surface area (Å²) in [6, 6.07) is 0. The third-order valence-electron chi connectivity index (χ3n) is 1.17. The van der Waals surface area contributed by atoms with Gasteiger partial charge in [0, 0.05) is 0 Å². The molecule has 0 bridgehead atoms. The van der Waals surface area contributed by atoms with Gasteiger partial charge in [0.2, 0.25) is 0 Å². The average Bonchev–Trinajstić information content (AvgIpc) is 2.04. The van der Waals surface area contributed by atoms with Crippen LogP contribution >= 0.6 is 0 Å². The number of carbonyl (C=O) groups is 1. The fourth-order valence-electron chi connectivity index (χ4n) is 0.440. The molecule has 0 N–H and O–H groups in total. The maximum Gasteiger partial charge on any atom is 0.311 e. The summed E-state index contributed by atoms with van der Waals surface area (Å²) in [6.07, 6.45) is 1.39. The van der Waals surface area contributed by atoms with Crippen LogP contribution < -0.4 is 0 Å². The van der Waals surface area contributed by atoms with Gasteiger partial charge in [-0.25, -0.2) is 0 Å². The molecule has 5 heteroatoms. The minimum atomic E-state index is -0.342. The van der Waals surface area contributed by atoms with Gasteiger partial charge >= 0.3 is 5.97 Å². The molecule has 0 aromatic heterocycles. The van der Waals surface area contributed by atoms with E-state index in [2.05, 4.69) is 11.3 Å². The lowest BCUT2D eigenvalue weighted by Gasteiger charge is -2.10. The van der Waals surface area contributed by atoms with Crippen molar-refractivity contribution in [1.29, 1.82) is 0 Å². The molecule has 1 unspecified atom stereocenters. The summed E-state index contributed by atoms with van der Waals surface area (Å²) in [5.74, 6) is -0.342. The van der Waals surface area contributed by atoms with Crippen LogP contribution in [-0.2, 0) is 18.7 Å². The van der Waals surface area contributed by atoms with Gasteiger partial charge in [-0.2, -0.15) is 0 Å². The number of carbonyl (C=O) groups excluding carboxylic acids is 1. The van der Waals surface area contributed by atoms with Crippen LogP contribution in [0.4, 0.5) is 0 Å². The van der Waals surface area contributed by atoms with E-state index in [1.807, 2.05) is 0 Å². The van der Waals surface area contributed by atoms with Crippen LogP contribution in [0, 0.1) is 0 Å². The van der Waals surface area contributed by atoms with Crippen molar-refractivity contribution in [2.45, 2.75) is 19.6 Å². The highest BCUT2D eigenvalue weighted by Crippen LogP contribution is 1.92. The first-order valence-electron chi connectivity index (χ1n) is 3.61. The van der Waals surface area contributed by atoms with E-state index in [1.54, 1.807) is 6.92 Å². The first kappa shape index (κ1) is 11.3. The van der Waals surface area contributed by atoms with Crippen LogP contribution in [-0.4, -0.2) is 29.5 Å². The SMILES string of the molecule is C=CCC(=O)OCOC(C)O[SiH3]. The van der Waals surface area contributed by atoms with Crippen molar-refractivity contribution in [1.82, 2.24) is 0 Å². The first-order valence-corrected chi connectivity index (χ1v) is 4.43. The van der Waals surface area contributed by atoms with E-state index < -0.39 is 0 Å². The standard InChI is InChI=1S/C7H14O4Si/c1-3-4-7(8)10-5-9-6(2)11-12/h3,6H,1,4-5H2,2,12H3. The second-order valence-electron chi connectivity index (χ2n) is 2.10. The zero-order chi connectivity index (χ0) is 9.40. The van der Waals surface area contributed by atoms with Crippen molar-refractivity contribution in [3.63, 3.8) is 0 Å². The summed E-state index contributed by atoms with van der Waals surface area (Å²) in [4.78, 5) is 10.7. The topological polar surface area (TPSA) is 44.8 Å². The van der Waals surface area contributed by atoms with Crippen molar-refractivity contribution in [2.24, 2.45) is 0 Å². The number of hydrogen-bond donors (Lipinski definition) is 0. The Bertz CT molecular complexity index is 148. The van der Waals surface area contributed by atoms with E-state index in [4.69, 9.17) is 9.16 Å². The molecule has 0 heterocycles. The summed E-state index contributed by atoms with van der Waals surface area (Å²) in [5.41, 5.74) is 0. The molecule has 0 radical (unpaired) electrons. The van der Waals surface area contributed by atoms with Gasteiger partial charge in [-0.15, -0.1) is 6.58 Å². The fourth-order valence-corrected chi connectivity index (χ4v) is 0.576. The average molecular weight is 190 g/mol. The Hall–Kier alpha value is -0.653. The lowest BCUT2D eigenvalue weighted by molar-refractivity contribution is -0.173. The second-order valence-corrected chi connectivity index (χ2v) is 2.57. The van der Waals surface area contributed by atoms with E-state index in [-0.39, 0.29) is 25.5 Å². The number of ether oxygens (including phenoxy) is 2. The van der Waals surface area contributed by atoms with Crippen molar-refractivity contribution in [2.75, 3.05) is 6.79 Å². The third-order valence-corrected chi connectivity index (χ3v) is 1.83.